The molecule has 3 aromatic rings. The van der Waals surface area contributed by atoms with E-state index < -0.39 is 0 Å². The van der Waals surface area contributed by atoms with E-state index in [1.807, 2.05) is 36.4 Å². The maximum Gasteiger partial charge on any atom is 0.269 e. The Kier molecular flexibility index (Phi) is 8.68. The van der Waals surface area contributed by atoms with E-state index in [1.165, 1.54) is 10.2 Å². The molecule has 2 aromatic carbocycles. The number of benzene rings is 2. The fourth-order valence-corrected chi connectivity index (χ4v) is 4.57. The van der Waals surface area contributed by atoms with Gasteiger partial charge < -0.3 is 10.2 Å². The summed E-state index contributed by atoms with van der Waals surface area (Å²) in [6, 6.07) is 21.9. The molecule has 1 aliphatic rings. The van der Waals surface area contributed by atoms with Crippen LogP contribution in [0.15, 0.2) is 77.7 Å². The molecule has 184 valence electrons. The van der Waals surface area contributed by atoms with E-state index in [2.05, 4.69) is 51.4 Å². The summed E-state index contributed by atoms with van der Waals surface area (Å²) >= 11 is 0. The van der Waals surface area contributed by atoms with Crippen LogP contribution in [0.1, 0.15) is 30.9 Å². The smallest absolute Gasteiger partial charge is 0.269 e. The average molecular weight is 474 g/mol. The van der Waals surface area contributed by atoms with Crippen molar-refractivity contribution in [3.63, 3.8) is 0 Å². The van der Waals surface area contributed by atoms with Gasteiger partial charge in [0.1, 0.15) is 0 Å². The third kappa shape index (κ3) is 7.02. The van der Waals surface area contributed by atoms with Crippen molar-refractivity contribution in [1.82, 2.24) is 20.0 Å². The molecule has 0 spiro atoms. The second-order valence-electron chi connectivity index (χ2n) is 9.13. The highest BCUT2D eigenvalue weighted by Crippen LogP contribution is 2.22. The van der Waals surface area contributed by atoms with Gasteiger partial charge in [-0.2, -0.15) is 5.10 Å². The molecule has 0 aliphatic carbocycles. The minimum atomic E-state index is -0.129. The maximum atomic E-state index is 12.9. The number of piperidine rings is 1. The van der Waals surface area contributed by atoms with Crippen LogP contribution in [0, 0.1) is 5.92 Å². The number of anilines is 1. The molecule has 1 unspecified atom stereocenters. The first-order chi connectivity index (χ1) is 17.1. The molecule has 1 aliphatic heterocycles. The number of hydrogen-bond donors (Lipinski definition) is 1. The molecule has 1 N–H and O–H groups in total. The van der Waals surface area contributed by atoms with Crippen LogP contribution in [0.2, 0.25) is 0 Å². The third-order valence-corrected chi connectivity index (χ3v) is 6.61. The molecule has 1 saturated heterocycles. The molecule has 1 aromatic heterocycles. The monoisotopic (exact) mass is 473 g/mol. The summed E-state index contributed by atoms with van der Waals surface area (Å²) in [4.78, 5) is 30.0. The number of nitrogens with zero attached hydrogens (tertiary/aromatic N) is 4. The number of rotatable bonds is 10. The van der Waals surface area contributed by atoms with E-state index in [1.54, 1.807) is 12.3 Å². The van der Waals surface area contributed by atoms with Crippen LogP contribution in [-0.4, -0.2) is 53.3 Å². The molecule has 0 radical (unpaired) electrons. The number of aromatic nitrogens is 2. The van der Waals surface area contributed by atoms with Gasteiger partial charge >= 0.3 is 0 Å². The Labute approximate surface area is 207 Å². The zero-order valence-electron chi connectivity index (χ0n) is 20.5. The molecule has 0 saturated carbocycles. The van der Waals surface area contributed by atoms with Crippen molar-refractivity contribution in [3.8, 4) is 0 Å². The van der Waals surface area contributed by atoms with Crippen molar-refractivity contribution in [2.75, 3.05) is 37.6 Å². The largest absolute Gasteiger partial charge is 0.369 e. The SMILES string of the molecule is CCN(CCNC(=O)C1CCCN(c2cnn(Cc3ccccc3)c(=O)c2)C1)Cc1ccccc1. The lowest BCUT2D eigenvalue weighted by Crippen LogP contribution is -2.45. The quantitative estimate of drug-likeness (QED) is 0.490. The molecule has 4 rings (SSSR count). The molecular weight excluding hydrogens is 438 g/mol. The maximum absolute atomic E-state index is 12.9. The van der Waals surface area contributed by atoms with E-state index in [0.717, 1.165) is 50.3 Å². The first kappa shape index (κ1) is 24.7. The highest BCUT2D eigenvalue weighted by Gasteiger charge is 2.26. The van der Waals surface area contributed by atoms with E-state index in [0.29, 0.717) is 19.6 Å². The van der Waals surface area contributed by atoms with Gasteiger partial charge in [-0.05, 0) is 30.5 Å². The lowest BCUT2D eigenvalue weighted by molar-refractivity contribution is -0.125. The van der Waals surface area contributed by atoms with Gasteiger partial charge in [0.05, 0.1) is 24.3 Å². The molecule has 7 nitrogen and oxygen atoms in total. The zero-order chi connectivity index (χ0) is 24.5. The van der Waals surface area contributed by atoms with Crippen LogP contribution in [0.3, 0.4) is 0 Å². The highest BCUT2D eigenvalue weighted by atomic mass is 16.2. The summed E-state index contributed by atoms with van der Waals surface area (Å²) in [5, 5.41) is 7.52. The predicted molar refractivity (Wildman–Crippen MR) is 139 cm³/mol. The van der Waals surface area contributed by atoms with E-state index in [9.17, 15) is 9.59 Å². The Bertz CT molecular complexity index is 1130. The van der Waals surface area contributed by atoms with Crippen LogP contribution in [-0.2, 0) is 17.9 Å². The average Bonchev–Trinajstić information content (AvgIpc) is 2.90. The van der Waals surface area contributed by atoms with Gasteiger partial charge in [-0.1, -0.05) is 67.6 Å². The predicted octanol–water partition coefficient (Wildman–Crippen LogP) is 3.15. The first-order valence-corrected chi connectivity index (χ1v) is 12.5. The van der Waals surface area contributed by atoms with Gasteiger partial charge in [0, 0.05) is 38.8 Å². The van der Waals surface area contributed by atoms with Gasteiger partial charge in [0.25, 0.3) is 5.56 Å². The van der Waals surface area contributed by atoms with Crippen molar-refractivity contribution >= 4 is 11.6 Å². The lowest BCUT2D eigenvalue weighted by Gasteiger charge is -2.33. The fraction of sp³-hybridized carbons (Fsp3) is 0.393. The summed E-state index contributed by atoms with van der Waals surface area (Å²) in [6.45, 7) is 7.29. The summed E-state index contributed by atoms with van der Waals surface area (Å²) in [6.07, 6.45) is 3.52. The summed E-state index contributed by atoms with van der Waals surface area (Å²) in [5.74, 6) is 0.00976. The van der Waals surface area contributed by atoms with Gasteiger partial charge in [-0.3, -0.25) is 14.5 Å². The van der Waals surface area contributed by atoms with Crippen LogP contribution in [0.25, 0.3) is 0 Å². The molecule has 1 fully saturated rings. The first-order valence-electron chi connectivity index (χ1n) is 12.5. The number of carbonyl (C=O) groups is 1. The van der Waals surface area contributed by atoms with Gasteiger partial charge in [-0.25, -0.2) is 4.68 Å². The standard InChI is InChI=1S/C28H35N5O2/c1-2-31(20-23-10-5-3-6-11-23)17-15-29-28(35)25-14-9-16-32(22-25)26-18-27(34)33(30-19-26)21-24-12-7-4-8-13-24/h3-8,10-13,18-19,25H,2,9,14-17,20-22H2,1H3,(H,29,35). The Morgan fingerprint density at radius 3 is 2.49 bits per heavy atom. The summed E-state index contributed by atoms with van der Waals surface area (Å²) < 4.78 is 1.47. The summed E-state index contributed by atoms with van der Waals surface area (Å²) in [7, 11) is 0. The van der Waals surface area contributed by atoms with Gasteiger partial charge in [0.2, 0.25) is 5.91 Å². The van der Waals surface area contributed by atoms with Crippen molar-refractivity contribution in [2.24, 2.45) is 5.92 Å². The van der Waals surface area contributed by atoms with Crippen molar-refractivity contribution in [3.05, 3.63) is 94.4 Å². The third-order valence-electron chi connectivity index (χ3n) is 6.61. The minimum Gasteiger partial charge on any atom is -0.369 e. The number of carbonyl (C=O) groups excluding carboxylic acids is 1. The van der Waals surface area contributed by atoms with E-state index in [-0.39, 0.29) is 17.4 Å². The van der Waals surface area contributed by atoms with Gasteiger partial charge in [0.15, 0.2) is 0 Å². The Morgan fingerprint density at radius 1 is 1.09 bits per heavy atom. The molecule has 35 heavy (non-hydrogen) atoms. The van der Waals surface area contributed by atoms with Crippen molar-refractivity contribution in [2.45, 2.75) is 32.9 Å². The highest BCUT2D eigenvalue weighted by molar-refractivity contribution is 5.79. The van der Waals surface area contributed by atoms with E-state index in [4.69, 9.17) is 0 Å². The Hall–Kier alpha value is -3.45. The molecular formula is C28H35N5O2. The number of amides is 1. The van der Waals surface area contributed by atoms with Crippen molar-refractivity contribution < 1.29 is 4.79 Å². The minimum absolute atomic E-state index is 0.0836. The van der Waals surface area contributed by atoms with E-state index >= 15 is 0 Å². The van der Waals surface area contributed by atoms with Crippen LogP contribution < -0.4 is 15.8 Å². The summed E-state index contributed by atoms with van der Waals surface area (Å²) in [5.41, 5.74) is 2.98. The molecule has 7 heteroatoms. The van der Waals surface area contributed by atoms with Crippen LogP contribution >= 0.6 is 0 Å². The van der Waals surface area contributed by atoms with Crippen molar-refractivity contribution in [1.29, 1.82) is 0 Å². The normalized spacial score (nSPS) is 15.8. The molecule has 0 bridgehead atoms. The molecule has 2 heterocycles. The number of likely N-dealkylation sites (N-methyl/N-ethyl adjacent to an activating group) is 1. The lowest BCUT2D eigenvalue weighted by atomic mass is 9.97. The number of hydrogen-bond acceptors (Lipinski definition) is 5. The number of nitrogens with one attached hydrogen (secondary N) is 1. The molecule has 1 amide bonds. The molecule has 1 atom stereocenters. The van der Waals surface area contributed by atoms with Crippen LogP contribution in [0.5, 0.6) is 0 Å². The Balaban J connectivity index is 1.28. The fourth-order valence-electron chi connectivity index (χ4n) is 4.57. The Morgan fingerprint density at radius 2 is 1.80 bits per heavy atom. The zero-order valence-corrected chi connectivity index (χ0v) is 20.5. The van der Waals surface area contributed by atoms with Gasteiger partial charge in [-0.15, -0.1) is 0 Å². The topological polar surface area (TPSA) is 70.5 Å². The second-order valence-corrected chi connectivity index (χ2v) is 9.13. The van der Waals surface area contributed by atoms with Crippen LogP contribution in [0.4, 0.5) is 5.69 Å². The second kappa shape index (κ2) is 12.3.